The van der Waals surface area contributed by atoms with Gasteiger partial charge in [-0.15, -0.1) is 0 Å². The summed E-state index contributed by atoms with van der Waals surface area (Å²) in [6.45, 7) is 4.26. The summed E-state index contributed by atoms with van der Waals surface area (Å²) in [6, 6.07) is 5.04. The predicted octanol–water partition coefficient (Wildman–Crippen LogP) is 3.37. The van der Waals surface area contributed by atoms with Crippen LogP contribution in [0.1, 0.15) is 25.3 Å². The minimum atomic E-state index is -0.336. The fourth-order valence-electron chi connectivity index (χ4n) is 2.17. The molecule has 0 atom stereocenters. The van der Waals surface area contributed by atoms with E-state index in [4.69, 9.17) is 4.74 Å². The number of nitrogens with one attached hydrogen (secondary N) is 1. The van der Waals surface area contributed by atoms with Crippen LogP contribution in [0.4, 0.5) is 4.39 Å². The van der Waals surface area contributed by atoms with Crippen LogP contribution < -0.4 is 10.1 Å². The summed E-state index contributed by atoms with van der Waals surface area (Å²) in [7, 11) is 3.43. The Bertz CT molecular complexity index is 497. The first-order chi connectivity index (χ1) is 11.1. The second kappa shape index (κ2) is 11.2. The Balaban J connectivity index is 2.64. The van der Waals surface area contributed by atoms with Gasteiger partial charge in [0, 0.05) is 26.7 Å². The van der Waals surface area contributed by atoms with Crippen molar-refractivity contribution in [1.29, 1.82) is 0 Å². The molecule has 130 valence electrons. The molecule has 0 aliphatic heterocycles. The molecule has 0 bridgehead atoms. The molecule has 0 amide bonds. The number of guanidine groups is 1. The van der Waals surface area contributed by atoms with E-state index in [1.807, 2.05) is 36.7 Å². The van der Waals surface area contributed by atoms with Crippen molar-refractivity contribution in [3.8, 4) is 5.75 Å². The average Bonchev–Trinajstić information content (AvgIpc) is 2.53. The van der Waals surface area contributed by atoms with Crippen molar-refractivity contribution < 1.29 is 9.13 Å². The molecule has 0 aliphatic carbocycles. The summed E-state index contributed by atoms with van der Waals surface area (Å²) in [6.07, 6.45) is 4.38. The molecule has 0 aromatic heterocycles. The lowest BCUT2D eigenvalue weighted by atomic mass is 10.2. The molecule has 0 radical (unpaired) electrons. The molecular formula is C17H28FN3OS. The Morgan fingerprint density at radius 1 is 1.39 bits per heavy atom. The number of hydrogen-bond donors (Lipinski definition) is 1. The summed E-state index contributed by atoms with van der Waals surface area (Å²) < 4.78 is 18.7. The molecule has 6 heteroatoms. The number of nitrogens with zero attached hydrogens (tertiary/aromatic N) is 2. The average molecular weight is 341 g/mol. The molecule has 4 nitrogen and oxygen atoms in total. The normalized spacial score (nSPS) is 11.4. The Labute approximate surface area is 143 Å². The molecule has 0 spiro atoms. The molecule has 0 fully saturated rings. The maximum absolute atomic E-state index is 13.8. The largest absolute Gasteiger partial charge is 0.494 e. The highest BCUT2D eigenvalue weighted by Crippen LogP contribution is 2.18. The topological polar surface area (TPSA) is 36.9 Å². The van der Waals surface area contributed by atoms with Crippen LogP contribution >= 0.6 is 11.8 Å². The van der Waals surface area contributed by atoms with Gasteiger partial charge in [0.25, 0.3) is 0 Å². The van der Waals surface area contributed by atoms with Gasteiger partial charge in [-0.25, -0.2) is 4.39 Å². The fourth-order valence-corrected chi connectivity index (χ4v) is 2.66. The zero-order valence-electron chi connectivity index (χ0n) is 14.6. The number of unbranched alkanes of at least 4 members (excludes halogenated alkanes) is 1. The van der Waals surface area contributed by atoms with E-state index in [0.29, 0.717) is 6.54 Å². The molecule has 23 heavy (non-hydrogen) atoms. The number of rotatable bonds is 9. The molecule has 1 rings (SSSR count). The van der Waals surface area contributed by atoms with Crippen molar-refractivity contribution in [2.75, 3.05) is 39.3 Å². The predicted molar refractivity (Wildman–Crippen MR) is 98.0 cm³/mol. The van der Waals surface area contributed by atoms with E-state index in [0.717, 1.165) is 31.0 Å². The zero-order valence-corrected chi connectivity index (χ0v) is 15.4. The number of ether oxygens (including phenoxy) is 1. The third kappa shape index (κ3) is 7.12. The van der Waals surface area contributed by atoms with Crippen LogP contribution in [-0.2, 0) is 6.54 Å². The number of thioether (sulfide) groups is 1. The van der Waals surface area contributed by atoms with E-state index in [1.165, 1.54) is 25.3 Å². The van der Waals surface area contributed by atoms with E-state index >= 15 is 0 Å². The van der Waals surface area contributed by atoms with E-state index in [9.17, 15) is 4.39 Å². The summed E-state index contributed by atoms with van der Waals surface area (Å²) in [5, 5.41) is 3.28. The smallest absolute Gasteiger partial charge is 0.193 e. The van der Waals surface area contributed by atoms with Crippen LogP contribution in [-0.4, -0.2) is 50.1 Å². The Morgan fingerprint density at radius 3 is 2.78 bits per heavy atom. The number of hydrogen-bond acceptors (Lipinski definition) is 3. The van der Waals surface area contributed by atoms with Gasteiger partial charge in [-0.05, 0) is 49.5 Å². The van der Waals surface area contributed by atoms with Crippen molar-refractivity contribution in [3.63, 3.8) is 0 Å². The molecule has 1 aromatic carbocycles. The van der Waals surface area contributed by atoms with Crippen LogP contribution in [0.15, 0.2) is 23.2 Å². The van der Waals surface area contributed by atoms with Crippen LogP contribution in [0.25, 0.3) is 0 Å². The van der Waals surface area contributed by atoms with Gasteiger partial charge in [-0.3, -0.25) is 4.99 Å². The van der Waals surface area contributed by atoms with Crippen molar-refractivity contribution in [1.82, 2.24) is 10.2 Å². The lowest BCUT2D eigenvalue weighted by molar-refractivity contribution is 0.385. The quantitative estimate of drug-likeness (QED) is 0.424. The van der Waals surface area contributed by atoms with Gasteiger partial charge >= 0.3 is 0 Å². The Morgan fingerprint density at radius 2 is 2.17 bits per heavy atom. The highest BCUT2D eigenvalue weighted by atomic mass is 32.2. The van der Waals surface area contributed by atoms with Gasteiger partial charge in [-0.1, -0.05) is 6.07 Å². The van der Waals surface area contributed by atoms with Crippen molar-refractivity contribution in [2.24, 2.45) is 4.99 Å². The number of aliphatic imine (C=N–C) groups is 1. The molecule has 0 unspecified atom stereocenters. The molecule has 0 heterocycles. The summed E-state index contributed by atoms with van der Waals surface area (Å²) in [5.41, 5.74) is 0.888. The van der Waals surface area contributed by atoms with E-state index in [1.54, 1.807) is 6.07 Å². The molecule has 0 saturated heterocycles. The van der Waals surface area contributed by atoms with Gasteiger partial charge in [0.2, 0.25) is 0 Å². The van der Waals surface area contributed by atoms with Crippen LogP contribution in [0.5, 0.6) is 5.75 Å². The monoisotopic (exact) mass is 341 g/mol. The standard InChI is InChI=1S/C17H28FN3OS/c1-5-19-17(20-10-6-7-11-23-4)21(2)13-14-8-9-16(22-3)15(18)12-14/h8-9,12H,5-7,10-11,13H2,1-4H3,(H,19,20). The summed E-state index contributed by atoms with van der Waals surface area (Å²) in [4.78, 5) is 6.65. The Kier molecular flexibility index (Phi) is 9.52. The summed E-state index contributed by atoms with van der Waals surface area (Å²) in [5.74, 6) is 1.96. The van der Waals surface area contributed by atoms with Gasteiger partial charge in [0.05, 0.1) is 7.11 Å². The van der Waals surface area contributed by atoms with Crippen molar-refractivity contribution in [3.05, 3.63) is 29.6 Å². The first-order valence-corrected chi connectivity index (χ1v) is 9.32. The molecule has 1 N–H and O–H groups in total. The lowest BCUT2D eigenvalue weighted by Gasteiger charge is -2.22. The molecule has 0 aliphatic rings. The maximum Gasteiger partial charge on any atom is 0.193 e. The lowest BCUT2D eigenvalue weighted by Crippen LogP contribution is -2.38. The van der Waals surface area contributed by atoms with Crippen LogP contribution in [0.3, 0.4) is 0 Å². The molecular weight excluding hydrogens is 313 g/mol. The van der Waals surface area contributed by atoms with Gasteiger partial charge in [0.1, 0.15) is 0 Å². The zero-order chi connectivity index (χ0) is 17.1. The number of halogens is 1. The second-order valence-corrected chi connectivity index (χ2v) is 6.25. The first-order valence-electron chi connectivity index (χ1n) is 7.93. The summed E-state index contributed by atoms with van der Waals surface area (Å²) >= 11 is 1.86. The third-order valence-corrected chi connectivity index (χ3v) is 4.05. The Hall–Kier alpha value is -1.43. The molecule has 0 saturated carbocycles. The van der Waals surface area contributed by atoms with Crippen LogP contribution in [0, 0.1) is 5.82 Å². The number of methoxy groups -OCH3 is 1. The highest BCUT2D eigenvalue weighted by molar-refractivity contribution is 7.98. The van der Waals surface area contributed by atoms with Crippen molar-refractivity contribution >= 4 is 17.7 Å². The molecule has 1 aromatic rings. The fraction of sp³-hybridized carbons (Fsp3) is 0.588. The van der Waals surface area contributed by atoms with Gasteiger partial charge in [-0.2, -0.15) is 11.8 Å². The minimum Gasteiger partial charge on any atom is -0.494 e. The first kappa shape index (κ1) is 19.6. The van der Waals surface area contributed by atoms with Crippen molar-refractivity contribution in [2.45, 2.75) is 26.3 Å². The third-order valence-electron chi connectivity index (χ3n) is 3.35. The minimum absolute atomic E-state index is 0.269. The highest BCUT2D eigenvalue weighted by Gasteiger charge is 2.09. The SMILES string of the molecule is CCNC(=NCCCCSC)N(C)Cc1ccc(OC)c(F)c1. The second-order valence-electron chi connectivity index (χ2n) is 5.26. The van der Waals surface area contributed by atoms with Gasteiger partial charge in [0.15, 0.2) is 17.5 Å². The van der Waals surface area contributed by atoms with Gasteiger partial charge < -0.3 is 15.0 Å². The van der Waals surface area contributed by atoms with E-state index in [-0.39, 0.29) is 11.6 Å². The van der Waals surface area contributed by atoms with E-state index in [2.05, 4.69) is 16.6 Å². The van der Waals surface area contributed by atoms with Crippen LogP contribution in [0.2, 0.25) is 0 Å². The van der Waals surface area contributed by atoms with E-state index < -0.39 is 0 Å². The number of benzene rings is 1. The maximum atomic E-state index is 13.8.